The minimum absolute atomic E-state index is 0.157. The third-order valence-electron chi connectivity index (χ3n) is 3.30. The Bertz CT molecular complexity index is 683. The lowest BCUT2D eigenvalue weighted by molar-refractivity contribution is -0.135. The number of rotatable bonds is 7. The first kappa shape index (κ1) is 15.9. The van der Waals surface area contributed by atoms with Gasteiger partial charge in [-0.2, -0.15) is 5.10 Å². The van der Waals surface area contributed by atoms with E-state index in [1.807, 2.05) is 6.92 Å². The van der Waals surface area contributed by atoms with Crippen molar-refractivity contribution in [2.75, 3.05) is 6.54 Å². The van der Waals surface area contributed by atoms with Gasteiger partial charge in [-0.3, -0.25) is 9.59 Å². The molecule has 1 unspecified atom stereocenters. The zero-order valence-electron chi connectivity index (χ0n) is 12.2. The van der Waals surface area contributed by atoms with Crippen LogP contribution in [0, 0.1) is 0 Å². The van der Waals surface area contributed by atoms with E-state index in [4.69, 9.17) is 5.11 Å². The van der Waals surface area contributed by atoms with Gasteiger partial charge in [-0.25, -0.2) is 9.50 Å². The summed E-state index contributed by atoms with van der Waals surface area (Å²) < 4.78 is 1.41. The van der Waals surface area contributed by atoms with Gasteiger partial charge < -0.3 is 15.5 Å². The molecule has 0 aromatic carbocycles. The van der Waals surface area contributed by atoms with Crippen LogP contribution in [0.2, 0.25) is 0 Å². The molecule has 22 heavy (non-hydrogen) atoms. The molecule has 0 bridgehead atoms. The summed E-state index contributed by atoms with van der Waals surface area (Å²) >= 11 is 0. The lowest BCUT2D eigenvalue weighted by Gasteiger charge is -2.15. The molecule has 2 rings (SSSR count). The van der Waals surface area contributed by atoms with E-state index in [-0.39, 0.29) is 11.2 Å². The molecule has 2 aromatic rings. The molecule has 3 N–H and O–H groups in total. The first-order valence-corrected chi connectivity index (χ1v) is 7.05. The largest absolute Gasteiger partial charge is 0.480 e. The number of fused-ring (bicyclic) bond motifs is 1. The summed E-state index contributed by atoms with van der Waals surface area (Å²) in [5.41, 5.74) is 0.873. The Balaban J connectivity index is 2.40. The molecule has 2 aromatic heterocycles. The Morgan fingerprint density at radius 3 is 2.91 bits per heavy atom. The minimum atomic E-state index is -1.14. The summed E-state index contributed by atoms with van der Waals surface area (Å²) in [4.78, 5) is 26.9. The number of aliphatic carboxylic acids is 1. The van der Waals surface area contributed by atoms with Crippen LogP contribution in [0.15, 0.2) is 18.6 Å². The number of carboxylic acid groups (broad SMARTS) is 1. The van der Waals surface area contributed by atoms with Crippen molar-refractivity contribution in [1.82, 2.24) is 19.9 Å². The molecule has 0 saturated carbocycles. The van der Waals surface area contributed by atoms with Crippen LogP contribution in [0.5, 0.6) is 0 Å². The Morgan fingerprint density at radius 2 is 2.23 bits per heavy atom. The zero-order valence-corrected chi connectivity index (χ0v) is 12.2. The fraction of sp³-hybridized carbons (Fsp3) is 0.429. The molecule has 0 saturated heterocycles. The van der Waals surface area contributed by atoms with Crippen molar-refractivity contribution in [3.8, 4) is 0 Å². The maximum Gasteiger partial charge on any atom is 0.322 e. The van der Waals surface area contributed by atoms with Gasteiger partial charge in [0.1, 0.15) is 12.9 Å². The van der Waals surface area contributed by atoms with E-state index in [0.29, 0.717) is 12.0 Å². The van der Waals surface area contributed by atoms with Gasteiger partial charge in [0.15, 0.2) is 5.65 Å². The highest BCUT2D eigenvalue weighted by atomic mass is 16.4. The predicted molar refractivity (Wildman–Crippen MR) is 77.4 cm³/mol. The summed E-state index contributed by atoms with van der Waals surface area (Å²) in [6.07, 6.45) is 4.35. The molecule has 0 radical (unpaired) electrons. The molecule has 118 valence electrons. The Morgan fingerprint density at radius 1 is 1.45 bits per heavy atom. The number of carbonyl (C=O) groups is 2. The van der Waals surface area contributed by atoms with Gasteiger partial charge in [-0.1, -0.05) is 19.8 Å². The summed E-state index contributed by atoms with van der Waals surface area (Å²) in [6, 6.07) is 1.61. The van der Waals surface area contributed by atoms with Crippen molar-refractivity contribution in [2.24, 2.45) is 0 Å². The number of aromatic nitrogens is 3. The normalized spacial score (nSPS) is 12.3. The maximum atomic E-state index is 12.3. The number of carbonyl (C=O) groups excluding carboxylic acids is 1. The number of carboxylic acids is 1. The van der Waals surface area contributed by atoms with Gasteiger partial charge in [0, 0.05) is 6.20 Å². The standard InChI is InChI=1S/C14H18N4O4/c1-2-3-4-10(19)9-5-6-18-13(16-8-17-18)12(9)14(22)15-7-11(20)21/h5-6,8,10,19H,2-4,7H2,1H3,(H,15,22)(H,20,21). The van der Waals surface area contributed by atoms with Gasteiger partial charge in [0.25, 0.3) is 5.91 Å². The highest BCUT2D eigenvalue weighted by Crippen LogP contribution is 2.25. The van der Waals surface area contributed by atoms with Gasteiger partial charge in [-0.05, 0) is 18.1 Å². The SMILES string of the molecule is CCCCC(O)c1ccn2ncnc2c1C(=O)NCC(=O)O. The number of amides is 1. The average molecular weight is 306 g/mol. The third kappa shape index (κ3) is 3.40. The van der Waals surface area contributed by atoms with Gasteiger partial charge in [0.2, 0.25) is 0 Å². The molecular weight excluding hydrogens is 288 g/mol. The monoisotopic (exact) mass is 306 g/mol. The number of unbranched alkanes of at least 4 members (excludes halogenated alkanes) is 1. The van der Waals surface area contributed by atoms with Crippen LogP contribution in [-0.2, 0) is 4.79 Å². The molecule has 1 amide bonds. The van der Waals surface area contributed by atoms with Crippen LogP contribution in [0.4, 0.5) is 0 Å². The van der Waals surface area contributed by atoms with Crippen molar-refractivity contribution in [1.29, 1.82) is 0 Å². The molecule has 0 aliphatic heterocycles. The topological polar surface area (TPSA) is 117 Å². The molecule has 0 aliphatic carbocycles. The van der Waals surface area contributed by atoms with Crippen LogP contribution >= 0.6 is 0 Å². The predicted octanol–water partition coefficient (Wildman–Crippen LogP) is 0.767. The number of aliphatic hydroxyl groups excluding tert-OH is 1. The first-order valence-electron chi connectivity index (χ1n) is 7.05. The van der Waals surface area contributed by atoms with Crippen molar-refractivity contribution < 1.29 is 19.8 Å². The van der Waals surface area contributed by atoms with Crippen LogP contribution < -0.4 is 5.32 Å². The van der Waals surface area contributed by atoms with E-state index >= 15 is 0 Å². The lowest BCUT2D eigenvalue weighted by atomic mass is 9.99. The van der Waals surface area contributed by atoms with Crippen molar-refractivity contribution in [2.45, 2.75) is 32.3 Å². The number of hydrogen-bond donors (Lipinski definition) is 3. The molecule has 0 fully saturated rings. The van der Waals surface area contributed by atoms with Crippen molar-refractivity contribution >= 4 is 17.5 Å². The molecule has 1 atom stereocenters. The number of pyridine rings is 1. The fourth-order valence-corrected chi connectivity index (χ4v) is 2.21. The van der Waals surface area contributed by atoms with E-state index in [1.54, 1.807) is 12.3 Å². The van der Waals surface area contributed by atoms with Crippen molar-refractivity contribution in [3.05, 3.63) is 29.7 Å². The summed E-state index contributed by atoms with van der Waals surface area (Å²) in [6.45, 7) is 1.51. The highest BCUT2D eigenvalue weighted by molar-refractivity contribution is 6.02. The average Bonchev–Trinajstić information content (AvgIpc) is 2.97. The van der Waals surface area contributed by atoms with E-state index < -0.39 is 24.5 Å². The first-order chi connectivity index (χ1) is 10.5. The second-order valence-corrected chi connectivity index (χ2v) is 4.91. The van der Waals surface area contributed by atoms with Gasteiger partial charge in [-0.15, -0.1) is 0 Å². The molecule has 0 spiro atoms. The fourth-order valence-electron chi connectivity index (χ4n) is 2.21. The number of nitrogens with zero attached hydrogens (tertiary/aromatic N) is 3. The molecule has 8 heteroatoms. The quantitative estimate of drug-likeness (QED) is 0.695. The highest BCUT2D eigenvalue weighted by Gasteiger charge is 2.22. The summed E-state index contributed by atoms with van der Waals surface area (Å²) in [7, 11) is 0. The van der Waals surface area contributed by atoms with E-state index in [2.05, 4.69) is 15.4 Å². The van der Waals surface area contributed by atoms with E-state index in [9.17, 15) is 14.7 Å². The Labute approximate surface area is 126 Å². The molecule has 8 nitrogen and oxygen atoms in total. The molecular formula is C14H18N4O4. The summed E-state index contributed by atoms with van der Waals surface area (Å²) in [5, 5.41) is 25.2. The van der Waals surface area contributed by atoms with E-state index in [1.165, 1.54) is 10.8 Å². The van der Waals surface area contributed by atoms with E-state index in [0.717, 1.165) is 12.8 Å². The number of aliphatic hydroxyl groups is 1. The Kier molecular flexibility index (Phi) is 5.05. The zero-order chi connectivity index (χ0) is 16.1. The van der Waals surface area contributed by atoms with Gasteiger partial charge >= 0.3 is 5.97 Å². The third-order valence-corrected chi connectivity index (χ3v) is 3.30. The minimum Gasteiger partial charge on any atom is -0.480 e. The lowest BCUT2D eigenvalue weighted by Crippen LogP contribution is -2.31. The van der Waals surface area contributed by atoms with Gasteiger partial charge in [0.05, 0.1) is 11.7 Å². The summed E-state index contributed by atoms with van der Waals surface area (Å²) in [5.74, 6) is -1.73. The molecule has 0 aliphatic rings. The second kappa shape index (κ2) is 6.99. The molecule has 2 heterocycles. The second-order valence-electron chi connectivity index (χ2n) is 4.91. The van der Waals surface area contributed by atoms with Crippen LogP contribution in [0.3, 0.4) is 0 Å². The Hall–Kier alpha value is -2.48. The van der Waals surface area contributed by atoms with Crippen LogP contribution in [-0.4, -0.2) is 43.2 Å². The smallest absolute Gasteiger partial charge is 0.322 e. The van der Waals surface area contributed by atoms with Crippen LogP contribution in [0.25, 0.3) is 5.65 Å². The number of hydrogen-bond acceptors (Lipinski definition) is 5. The maximum absolute atomic E-state index is 12.3. The van der Waals surface area contributed by atoms with Crippen LogP contribution in [0.1, 0.15) is 48.2 Å². The van der Waals surface area contributed by atoms with Crippen molar-refractivity contribution in [3.63, 3.8) is 0 Å². The number of nitrogens with one attached hydrogen (secondary N) is 1.